The number of amides is 6. The lowest BCUT2D eigenvalue weighted by Crippen LogP contribution is -2.65. The van der Waals surface area contributed by atoms with Gasteiger partial charge in [0.2, 0.25) is 35.4 Å². The topological polar surface area (TPSA) is 175 Å². The van der Waals surface area contributed by atoms with E-state index >= 15 is 0 Å². The number of hydrogen-bond donors (Lipinski definition) is 3. The number of carbonyl (C=O) groups is 7. The third kappa shape index (κ3) is 9.64. The molecule has 15 heteroatoms. The van der Waals surface area contributed by atoms with Gasteiger partial charge in [-0.1, -0.05) is 51.8 Å². The van der Waals surface area contributed by atoms with E-state index in [4.69, 9.17) is 4.74 Å². The molecule has 5 atom stereocenters. The number of unbranched alkanes of at least 4 members (excludes halogenated alkanes) is 2. The summed E-state index contributed by atoms with van der Waals surface area (Å²) in [6.45, 7) is 6.88. The molecule has 54 heavy (non-hydrogen) atoms. The van der Waals surface area contributed by atoms with Crippen LogP contribution in [0.3, 0.4) is 0 Å². The summed E-state index contributed by atoms with van der Waals surface area (Å²) >= 11 is 0. The molecule has 0 spiro atoms. The summed E-state index contributed by atoms with van der Waals surface area (Å²) in [5, 5.41) is 8.10. The van der Waals surface area contributed by atoms with Crippen LogP contribution >= 0.6 is 0 Å². The van der Waals surface area contributed by atoms with Crippen molar-refractivity contribution in [3.05, 3.63) is 47.8 Å². The fourth-order valence-corrected chi connectivity index (χ4v) is 7.59. The molecule has 3 fully saturated rings. The monoisotopic (exact) mass is 754 g/mol. The smallest absolute Gasteiger partial charge is 0.328 e. The first-order valence-electron chi connectivity index (χ1n) is 19.2. The van der Waals surface area contributed by atoms with Gasteiger partial charge >= 0.3 is 5.97 Å². The molecule has 4 rings (SSSR count). The Morgan fingerprint density at radius 2 is 1.67 bits per heavy atom. The molecule has 1 aromatic rings. The first-order chi connectivity index (χ1) is 25.8. The van der Waals surface area contributed by atoms with Gasteiger partial charge in [0.25, 0.3) is 0 Å². The highest BCUT2D eigenvalue weighted by atomic mass is 19.1. The van der Waals surface area contributed by atoms with E-state index in [1.807, 2.05) is 6.92 Å². The molecular formula is C39H55FN6O8. The van der Waals surface area contributed by atoms with E-state index in [1.165, 1.54) is 52.9 Å². The Bertz CT molecular complexity index is 1600. The van der Waals surface area contributed by atoms with Gasteiger partial charge in [-0.2, -0.15) is 0 Å². The normalized spacial score (nSPS) is 24.6. The van der Waals surface area contributed by atoms with Crippen molar-refractivity contribution < 1.29 is 42.7 Å². The fraction of sp³-hybridized carbons (Fsp3) is 0.615. The van der Waals surface area contributed by atoms with Crippen LogP contribution < -0.4 is 16.0 Å². The Balaban J connectivity index is 1.70. The lowest BCUT2D eigenvalue weighted by atomic mass is 9.88. The third-order valence-corrected chi connectivity index (χ3v) is 10.9. The molecule has 3 heterocycles. The lowest BCUT2D eigenvalue weighted by Gasteiger charge is -2.42. The van der Waals surface area contributed by atoms with Crippen LogP contribution in [0.15, 0.2) is 36.4 Å². The van der Waals surface area contributed by atoms with Gasteiger partial charge < -0.3 is 35.4 Å². The summed E-state index contributed by atoms with van der Waals surface area (Å²) in [7, 11) is 1.51. The number of cyclic esters (lactones) is 1. The summed E-state index contributed by atoms with van der Waals surface area (Å²) in [6, 6.07) is -0.171. The molecule has 0 unspecified atom stereocenters. The van der Waals surface area contributed by atoms with E-state index in [0.29, 0.717) is 31.2 Å². The number of esters is 1. The molecular weight excluding hydrogens is 699 g/mol. The number of hydrogen-bond acceptors (Lipinski definition) is 8. The third-order valence-electron chi connectivity index (χ3n) is 10.9. The number of allylic oxidation sites excluding steroid dienone is 1. The zero-order chi connectivity index (χ0) is 39.6. The molecule has 0 bridgehead atoms. The number of carbonyl (C=O) groups excluding carboxylic acids is 7. The highest BCUT2D eigenvalue weighted by Gasteiger charge is 2.48. The molecule has 1 aromatic carbocycles. The van der Waals surface area contributed by atoms with Crippen molar-refractivity contribution in [2.75, 3.05) is 26.7 Å². The SMILES string of the molecule is CCCCC=CC(=O)N[C@@H](Cc1cccc(F)c1)C(=O)N[C@H]1COC(=O)[C@@H]2CCCN2C(=O)[C@H](C)NC(=O)C(CC)(CC)N(C)C(=O)[C@@H]2CCCN2C1=O. The Morgan fingerprint density at radius 1 is 1.00 bits per heavy atom. The summed E-state index contributed by atoms with van der Waals surface area (Å²) in [4.78, 5) is 101. The maximum Gasteiger partial charge on any atom is 0.328 e. The van der Waals surface area contributed by atoms with E-state index in [9.17, 15) is 38.0 Å². The van der Waals surface area contributed by atoms with E-state index in [1.54, 1.807) is 26.0 Å². The molecule has 0 radical (unpaired) electrons. The quantitative estimate of drug-likeness (QED) is 0.175. The van der Waals surface area contributed by atoms with Crippen LogP contribution in [0.25, 0.3) is 0 Å². The minimum Gasteiger partial charge on any atom is -0.461 e. The molecule has 296 valence electrons. The first kappa shape index (κ1) is 41.9. The number of rotatable bonds is 11. The summed E-state index contributed by atoms with van der Waals surface area (Å²) in [6.07, 6.45) is 7.33. The van der Waals surface area contributed by atoms with Crippen LogP contribution in [-0.2, 0) is 44.7 Å². The second kappa shape index (κ2) is 19.0. The van der Waals surface area contributed by atoms with Crippen LogP contribution in [0.5, 0.6) is 0 Å². The summed E-state index contributed by atoms with van der Waals surface area (Å²) in [5.41, 5.74) is -0.932. The average molecular weight is 755 g/mol. The average Bonchev–Trinajstić information content (AvgIpc) is 3.85. The Morgan fingerprint density at radius 3 is 2.31 bits per heavy atom. The van der Waals surface area contributed by atoms with Gasteiger partial charge in [0.1, 0.15) is 48.2 Å². The van der Waals surface area contributed by atoms with E-state index in [-0.39, 0.29) is 38.8 Å². The van der Waals surface area contributed by atoms with Gasteiger partial charge in [0.05, 0.1) is 0 Å². The standard InChI is InChI=1S/C39H55FN6O8/c1-6-9-10-11-19-32(47)42-28(23-26-15-12-16-27(40)22-26)33(48)43-29-24-54-37(52)31-18-14-21-46(31)34(49)25(4)41-38(53)39(7-2,8-3)44(5)36(51)30-17-13-20-45(30)35(29)50/h11-12,15-16,19,22,25,28-31H,6-10,13-14,17-18,20-21,23-24H2,1-5H3,(H,41,53)(H,42,47)(H,43,48)/t25-,28-,29-,30-,31-/m0/s1. The van der Waals surface area contributed by atoms with Gasteiger partial charge in [-0.15, -0.1) is 0 Å². The zero-order valence-corrected chi connectivity index (χ0v) is 32.0. The van der Waals surface area contributed by atoms with Gasteiger partial charge in [-0.25, -0.2) is 9.18 Å². The van der Waals surface area contributed by atoms with Gasteiger partial charge in [0, 0.05) is 26.6 Å². The van der Waals surface area contributed by atoms with Crippen molar-refractivity contribution in [1.82, 2.24) is 30.7 Å². The van der Waals surface area contributed by atoms with Crippen molar-refractivity contribution in [3.63, 3.8) is 0 Å². The van der Waals surface area contributed by atoms with Crippen molar-refractivity contribution in [2.24, 2.45) is 0 Å². The fourth-order valence-electron chi connectivity index (χ4n) is 7.59. The van der Waals surface area contributed by atoms with Crippen molar-refractivity contribution >= 4 is 41.4 Å². The highest BCUT2D eigenvalue weighted by molar-refractivity contribution is 5.99. The molecule has 0 aromatic heterocycles. The van der Waals surface area contributed by atoms with Crippen LogP contribution in [-0.4, -0.2) is 119 Å². The number of nitrogens with zero attached hydrogens (tertiary/aromatic N) is 3. The van der Waals surface area contributed by atoms with Crippen LogP contribution in [0.1, 0.15) is 91.0 Å². The molecule has 3 N–H and O–H groups in total. The second-order valence-electron chi connectivity index (χ2n) is 14.3. The molecule has 14 nitrogen and oxygen atoms in total. The van der Waals surface area contributed by atoms with Gasteiger partial charge in [-0.3, -0.25) is 28.8 Å². The van der Waals surface area contributed by atoms with Gasteiger partial charge in [-0.05, 0) is 75.6 Å². The molecule has 3 saturated heterocycles. The van der Waals surface area contributed by atoms with Crippen molar-refractivity contribution in [1.29, 1.82) is 0 Å². The van der Waals surface area contributed by atoms with Crippen molar-refractivity contribution in [3.8, 4) is 0 Å². The maximum absolute atomic E-state index is 14.4. The van der Waals surface area contributed by atoms with Crippen LogP contribution in [0.2, 0.25) is 0 Å². The van der Waals surface area contributed by atoms with E-state index < -0.39 is 89.6 Å². The maximum atomic E-state index is 14.4. The minimum absolute atomic E-state index is 0.121. The molecule has 3 aliphatic rings. The zero-order valence-electron chi connectivity index (χ0n) is 32.0. The number of ether oxygens (including phenoxy) is 1. The molecule has 0 saturated carbocycles. The number of halogens is 1. The Labute approximate surface area is 316 Å². The summed E-state index contributed by atoms with van der Waals surface area (Å²) in [5.74, 6) is -4.88. The second-order valence-corrected chi connectivity index (χ2v) is 14.3. The number of likely N-dealkylation sites (N-methyl/N-ethyl adjacent to an activating group) is 1. The highest BCUT2D eigenvalue weighted by Crippen LogP contribution is 2.29. The number of fused-ring (bicyclic) bond motifs is 2. The molecule has 0 aliphatic carbocycles. The molecule has 3 aliphatic heterocycles. The minimum atomic E-state index is -1.49. The predicted octanol–water partition coefficient (Wildman–Crippen LogP) is 2.14. The lowest BCUT2D eigenvalue weighted by molar-refractivity contribution is -0.159. The van der Waals surface area contributed by atoms with Gasteiger partial charge in [0.15, 0.2) is 0 Å². The predicted molar refractivity (Wildman–Crippen MR) is 197 cm³/mol. The van der Waals surface area contributed by atoms with Crippen molar-refractivity contribution in [2.45, 2.75) is 128 Å². The molecule has 6 amide bonds. The number of nitrogens with one attached hydrogen (secondary N) is 3. The Kier molecular flexibility index (Phi) is 14.7. The van der Waals surface area contributed by atoms with Crippen LogP contribution in [0.4, 0.5) is 4.39 Å². The summed E-state index contributed by atoms with van der Waals surface area (Å²) < 4.78 is 19.8. The van der Waals surface area contributed by atoms with E-state index in [0.717, 1.165) is 12.8 Å². The largest absolute Gasteiger partial charge is 0.461 e. The first-order valence-corrected chi connectivity index (χ1v) is 19.2. The number of benzene rings is 1. The Hall–Kier alpha value is -4.82. The van der Waals surface area contributed by atoms with E-state index in [2.05, 4.69) is 16.0 Å². The van der Waals surface area contributed by atoms with Crippen LogP contribution in [0, 0.1) is 5.82 Å².